The Kier molecular flexibility index (Phi) is 15.3. The van der Waals surface area contributed by atoms with Crippen molar-refractivity contribution in [1.82, 2.24) is 0 Å². The molecule has 0 amide bonds. The van der Waals surface area contributed by atoms with Crippen LogP contribution in [-0.4, -0.2) is 32.6 Å². The zero-order chi connectivity index (χ0) is 35.9. The number of pyridine rings is 1. The van der Waals surface area contributed by atoms with Crippen LogP contribution < -0.4 is 14.2 Å². The summed E-state index contributed by atoms with van der Waals surface area (Å²) in [4.78, 5) is 28.0. The largest absolute Gasteiger partial charge is 0.487 e. The summed E-state index contributed by atoms with van der Waals surface area (Å²) in [7, 11) is 4.02. The highest BCUT2D eigenvalue weighted by Gasteiger charge is 2.22. The Bertz CT molecular complexity index is 1580. The minimum atomic E-state index is -0.535. The fraction of sp³-hybridized carbons (Fsp3) is 0.405. The van der Waals surface area contributed by atoms with Crippen molar-refractivity contribution >= 4 is 17.6 Å². The molecule has 1 aliphatic rings. The monoisotopic (exact) mass is 667 g/mol. The van der Waals surface area contributed by atoms with Crippen molar-refractivity contribution in [3.05, 3.63) is 125 Å². The predicted octanol–water partition coefficient (Wildman–Crippen LogP) is 9.60. The summed E-state index contributed by atoms with van der Waals surface area (Å²) in [5.41, 5.74) is 4.55. The first kappa shape index (κ1) is 38.8. The summed E-state index contributed by atoms with van der Waals surface area (Å²) in [6, 6.07) is 18.7. The highest BCUT2D eigenvalue weighted by molar-refractivity contribution is 5.91. The number of nitrogens with zero attached hydrogens (tertiary/aromatic N) is 2. The number of aromatic nitrogens is 1. The van der Waals surface area contributed by atoms with Gasteiger partial charge in [0.25, 0.3) is 0 Å². The molecule has 7 nitrogen and oxygen atoms in total. The van der Waals surface area contributed by atoms with Crippen molar-refractivity contribution in [3.8, 4) is 5.75 Å². The number of hydrogen-bond acceptors (Lipinski definition) is 6. The number of esters is 2. The third-order valence-corrected chi connectivity index (χ3v) is 9.17. The molecule has 0 atom stereocenters. The lowest BCUT2D eigenvalue weighted by molar-refractivity contribution is -0.697. The molecule has 0 saturated heterocycles. The maximum absolute atomic E-state index is 13.0. The molecular formula is C42H55N2O5+. The molecule has 1 fully saturated rings. The van der Waals surface area contributed by atoms with E-state index in [4.69, 9.17) is 14.2 Å². The molecule has 3 aromatic rings. The van der Waals surface area contributed by atoms with E-state index in [9.17, 15) is 9.59 Å². The van der Waals surface area contributed by atoms with Gasteiger partial charge in [0.05, 0.1) is 11.1 Å². The number of hydrogen-bond donors (Lipinski definition) is 0. The highest BCUT2D eigenvalue weighted by atomic mass is 16.5. The van der Waals surface area contributed by atoms with Crippen LogP contribution in [0.5, 0.6) is 5.75 Å². The Labute approximate surface area is 293 Å². The molecular weight excluding hydrogens is 612 g/mol. The molecule has 1 aromatic heterocycles. The summed E-state index contributed by atoms with van der Waals surface area (Å²) >= 11 is 0. The second-order valence-electron chi connectivity index (χ2n) is 12.4. The van der Waals surface area contributed by atoms with Gasteiger partial charge in [-0.25, -0.2) is 14.2 Å². The van der Waals surface area contributed by atoms with Gasteiger partial charge in [0.1, 0.15) is 23.9 Å². The van der Waals surface area contributed by atoms with Gasteiger partial charge in [-0.05, 0) is 117 Å². The minimum Gasteiger partial charge on any atom is -0.487 e. The molecule has 49 heavy (non-hydrogen) atoms. The van der Waals surface area contributed by atoms with Gasteiger partial charge in [-0.1, -0.05) is 45.9 Å². The Morgan fingerprint density at radius 3 is 1.92 bits per heavy atom. The van der Waals surface area contributed by atoms with Crippen molar-refractivity contribution < 1.29 is 28.4 Å². The van der Waals surface area contributed by atoms with E-state index in [0.717, 1.165) is 11.6 Å². The van der Waals surface area contributed by atoms with Gasteiger partial charge >= 0.3 is 11.9 Å². The Morgan fingerprint density at radius 1 is 0.837 bits per heavy atom. The van der Waals surface area contributed by atoms with E-state index in [1.54, 1.807) is 44.2 Å². The lowest BCUT2D eigenvalue weighted by Gasteiger charge is -2.28. The van der Waals surface area contributed by atoms with E-state index < -0.39 is 11.9 Å². The Hall–Kier alpha value is -4.65. The van der Waals surface area contributed by atoms with Gasteiger partial charge in [0.15, 0.2) is 18.9 Å². The van der Waals surface area contributed by atoms with E-state index >= 15 is 0 Å². The first-order valence-corrected chi connectivity index (χ1v) is 17.6. The number of allylic oxidation sites excluding steroid dienone is 3. The number of ether oxygens (including phenoxy) is 3. The van der Waals surface area contributed by atoms with Gasteiger partial charge in [-0.15, -0.1) is 0 Å². The molecule has 0 radical (unpaired) electrons. The van der Waals surface area contributed by atoms with E-state index in [1.165, 1.54) is 37.7 Å². The molecule has 4 rings (SSSR count). The molecule has 2 aromatic carbocycles. The average molecular weight is 668 g/mol. The van der Waals surface area contributed by atoms with Gasteiger partial charge in [0, 0.05) is 31.9 Å². The summed E-state index contributed by atoms with van der Waals surface area (Å²) in [5, 5.41) is 0. The quantitative estimate of drug-likeness (QED) is 0.0783. The molecule has 1 heterocycles. The molecule has 0 unspecified atom stereocenters. The van der Waals surface area contributed by atoms with Crippen molar-refractivity contribution in [2.24, 2.45) is 5.92 Å². The standard InChI is InChI=1S/C40H49N2O5.C2H6/c1-8-31-10-12-32(13-11-31)33-14-16-34(17-15-33)40(44)47-38(9-2)29(4)28(3)30(5)46-39(43)35-18-20-37(21-19-35)45-27-26-42-24-22-36(23-25-42)41(6)7;1-2/h9,14-25,31-32H,5,8,10-13,26-27H2,1-4,6-7H3;1-2H3/q+1;/b29-28-,38-9+;. The molecule has 0 N–H and O–H groups in total. The average Bonchev–Trinajstić information content (AvgIpc) is 3.14. The number of carbonyl (C=O) groups excluding carboxylic acids is 2. The first-order valence-electron chi connectivity index (χ1n) is 17.6. The molecule has 0 spiro atoms. The molecule has 0 bridgehead atoms. The number of anilines is 1. The first-order chi connectivity index (χ1) is 23.6. The zero-order valence-corrected chi connectivity index (χ0v) is 30.8. The predicted molar refractivity (Wildman–Crippen MR) is 198 cm³/mol. The lowest BCUT2D eigenvalue weighted by Crippen LogP contribution is -2.35. The third kappa shape index (κ3) is 11.2. The van der Waals surface area contributed by atoms with E-state index in [1.807, 2.05) is 59.4 Å². The van der Waals surface area contributed by atoms with Crippen LogP contribution in [0.1, 0.15) is 106 Å². The molecule has 7 heteroatoms. The maximum atomic E-state index is 13.0. The number of benzene rings is 2. The van der Waals surface area contributed by atoms with Crippen molar-refractivity contribution in [2.45, 2.75) is 86.1 Å². The number of carbonyl (C=O) groups is 2. The Morgan fingerprint density at radius 2 is 1.39 bits per heavy atom. The van der Waals surface area contributed by atoms with Crippen LogP contribution in [0.25, 0.3) is 0 Å². The summed E-state index contributed by atoms with van der Waals surface area (Å²) in [5.74, 6) is 1.67. The van der Waals surface area contributed by atoms with Crippen molar-refractivity contribution in [1.29, 1.82) is 0 Å². The Balaban J connectivity index is 0.00000319. The SMILES string of the molecule is C=C(OC(=O)c1ccc(OCC[n+]2ccc(N(C)C)cc2)cc1)/C(C)=C(C)\C(=C/C)OC(=O)c1ccc(C2CCC(CC)CC2)cc1.CC. The zero-order valence-electron chi connectivity index (χ0n) is 30.8. The van der Waals surface area contributed by atoms with Crippen LogP contribution in [0.3, 0.4) is 0 Å². The fourth-order valence-corrected chi connectivity index (χ4v) is 5.80. The summed E-state index contributed by atoms with van der Waals surface area (Å²) < 4.78 is 19.3. The van der Waals surface area contributed by atoms with Gasteiger partial charge in [-0.3, -0.25) is 0 Å². The van der Waals surface area contributed by atoms with Crippen molar-refractivity contribution in [2.75, 3.05) is 25.6 Å². The fourth-order valence-electron chi connectivity index (χ4n) is 5.80. The third-order valence-electron chi connectivity index (χ3n) is 9.17. The van der Waals surface area contributed by atoms with Gasteiger partial charge in [-0.2, -0.15) is 0 Å². The summed E-state index contributed by atoms with van der Waals surface area (Å²) in [6.45, 7) is 16.8. The van der Waals surface area contributed by atoms with E-state index in [-0.39, 0.29) is 5.76 Å². The molecule has 262 valence electrons. The molecule has 1 saturated carbocycles. The smallest absolute Gasteiger partial charge is 0.343 e. The van der Waals surface area contributed by atoms with Crippen molar-refractivity contribution in [3.63, 3.8) is 0 Å². The van der Waals surface area contributed by atoms with Gasteiger partial charge < -0.3 is 19.1 Å². The van der Waals surface area contributed by atoms with Crippen LogP contribution in [0, 0.1) is 5.92 Å². The van der Waals surface area contributed by atoms with Crippen LogP contribution >= 0.6 is 0 Å². The topological polar surface area (TPSA) is 69.0 Å². The van der Waals surface area contributed by atoms with Crippen LogP contribution in [0.4, 0.5) is 5.69 Å². The van der Waals surface area contributed by atoms with Crippen LogP contribution in [0.15, 0.2) is 108 Å². The summed E-state index contributed by atoms with van der Waals surface area (Å²) in [6.07, 6.45) is 12.0. The second-order valence-corrected chi connectivity index (χ2v) is 12.4. The molecule has 1 aliphatic carbocycles. The highest BCUT2D eigenvalue weighted by Crippen LogP contribution is 2.37. The van der Waals surface area contributed by atoms with E-state index in [0.29, 0.717) is 52.9 Å². The van der Waals surface area contributed by atoms with Gasteiger partial charge in [0.2, 0.25) is 0 Å². The van der Waals surface area contributed by atoms with E-state index in [2.05, 4.69) is 47.2 Å². The normalized spacial score (nSPS) is 16.4. The molecule has 0 aliphatic heterocycles. The second kappa shape index (κ2) is 19.4. The minimum absolute atomic E-state index is 0.183. The van der Waals surface area contributed by atoms with Crippen LogP contribution in [0.2, 0.25) is 0 Å². The maximum Gasteiger partial charge on any atom is 0.343 e. The van der Waals surface area contributed by atoms with Crippen LogP contribution in [-0.2, 0) is 16.0 Å². The number of rotatable bonds is 13. The lowest BCUT2D eigenvalue weighted by atomic mass is 9.78.